The normalized spacial score (nSPS) is 15.7. The van der Waals surface area contributed by atoms with E-state index in [4.69, 9.17) is 21.1 Å². The number of rotatable bonds is 4. The first-order valence-corrected chi connectivity index (χ1v) is 8.43. The number of anilines is 1. The molecule has 7 heteroatoms. The molecule has 1 aliphatic heterocycles. The van der Waals surface area contributed by atoms with Crippen molar-refractivity contribution in [1.82, 2.24) is 14.8 Å². The molecule has 1 unspecified atom stereocenters. The molecule has 0 saturated heterocycles. The van der Waals surface area contributed by atoms with Crippen LogP contribution in [0.5, 0.6) is 11.5 Å². The van der Waals surface area contributed by atoms with Crippen LogP contribution in [-0.4, -0.2) is 29.0 Å². The van der Waals surface area contributed by atoms with Gasteiger partial charge in [0.25, 0.3) is 0 Å². The predicted octanol–water partition coefficient (Wildman–Crippen LogP) is 4.00. The number of allylic oxidation sites excluding steroid dienone is 1. The highest BCUT2D eigenvalue weighted by Gasteiger charge is 2.23. The van der Waals surface area contributed by atoms with Gasteiger partial charge in [0.2, 0.25) is 5.95 Å². The number of nitrogens with one attached hydrogen (secondary N) is 1. The van der Waals surface area contributed by atoms with Crippen LogP contribution >= 0.6 is 11.6 Å². The summed E-state index contributed by atoms with van der Waals surface area (Å²) in [7, 11) is 3.24. The Labute approximate surface area is 156 Å². The second kappa shape index (κ2) is 6.72. The van der Waals surface area contributed by atoms with Gasteiger partial charge in [-0.1, -0.05) is 23.7 Å². The number of nitrogens with zero attached hydrogens (tertiary/aromatic N) is 3. The third kappa shape index (κ3) is 2.88. The molecule has 0 fully saturated rings. The number of methoxy groups -OCH3 is 2. The van der Waals surface area contributed by atoms with Crippen molar-refractivity contribution in [3.8, 4) is 11.5 Å². The Morgan fingerprint density at radius 2 is 1.81 bits per heavy atom. The largest absolute Gasteiger partial charge is 0.493 e. The van der Waals surface area contributed by atoms with Crippen LogP contribution in [0, 0.1) is 0 Å². The van der Waals surface area contributed by atoms with Crippen LogP contribution in [0.15, 0.2) is 54.9 Å². The monoisotopic (exact) mass is 368 g/mol. The van der Waals surface area contributed by atoms with Crippen LogP contribution in [0.3, 0.4) is 0 Å². The Morgan fingerprint density at radius 3 is 2.54 bits per heavy atom. The minimum Gasteiger partial charge on any atom is -0.493 e. The first-order valence-electron chi connectivity index (χ1n) is 8.06. The first-order chi connectivity index (χ1) is 12.7. The molecule has 1 N–H and O–H groups in total. The van der Waals surface area contributed by atoms with Crippen molar-refractivity contribution in [2.24, 2.45) is 0 Å². The summed E-state index contributed by atoms with van der Waals surface area (Å²) in [6, 6.07) is 13.4. The summed E-state index contributed by atoms with van der Waals surface area (Å²) in [4.78, 5) is 4.32. The van der Waals surface area contributed by atoms with E-state index in [2.05, 4.69) is 21.5 Å². The molecule has 6 nitrogen and oxygen atoms in total. The average molecular weight is 369 g/mol. The molecule has 26 heavy (non-hydrogen) atoms. The first kappa shape index (κ1) is 16.5. The predicted molar refractivity (Wildman–Crippen MR) is 101 cm³/mol. The van der Waals surface area contributed by atoms with E-state index in [9.17, 15) is 0 Å². The number of halogens is 1. The molecule has 0 amide bonds. The summed E-state index contributed by atoms with van der Waals surface area (Å²) < 4.78 is 12.6. The van der Waals surface area contributed by atoms with E-state index in [1.807, 2.05) is 47.1 Å². The molecule has 3 aromatic rings. The molecule has 1 aliphatic rings. The fourth-order valence-corrected chi connectivity index (χ4v) is 3.13. The minimum atomic E-state index is -0.0888. The molecule has 0 spiro atoms. The number of aromatic nitrogens is 3. The average Bonchev–Trinajstić information content (AvgIpc) is 3.16. The Hall–Kier alpha value is -2.99. The van der Waals surface area contributed by atoms with E-state index in [-0.39, 0.29) is 6.04 Å². The van der Waals surface area contributed by atoms with E-state index in [0.717, 1.165) is 16.8 Å². The summed E-state index contributed by atoms with van der Waals surface area (Å²) in [5.41, 5.74) is 2.96. The maximum absolute atomic E-state index is 6.03. The van der Waals surface area contributed by atoms with E-state index in [1.54, 1.807) is 14.2 Å². The fraction of sp³-hybridized carbons (Fsp3) is 0.158. The number of benzene rings is 2. The second-order valence-corrected chi connectivity index (χ2v) is 6.24. The topological polar surface area (TPSA) is 61.2 Å². The van der Waals surface area contributed by atoms with Gasteiger partial charge in [-0.2, -0.15) is 10.1 Å². The minimum absolute atomic E-state index is 0.0888. The second-order valence-electron chi connectivity index (χ2n) is 5.80. The molecular weight excluding hydrogens is 352 g/mol. The van der Waals surface area contributed by atoms with E-state index < -0.39 is 0 Å². The molecule has 0 aliphatic carbocycles. The van der Waals surface area contributed by atoms with Crippen molar-refractivity contribution in [1.29, 1.82) is 0 Å². The van der Waals surface area contributed by atoms with Crippen LogP contribution in [0.1, 0.15) is 17.2 Å². The zero-order valence-electron chi connectivity index (χ0n) is 14.3. The smallest absolute Gasteiger partial charge is 0.226 e. The Morgan fingerprint density at radius 1 is 1.04 bits per heavy atom. The van der Waals surface area contributed by atoms with E-state index >= 15 is 0 Å². The van der Waals surface area contributed by atoms with Gasteiger partial charge in [0.1, 0.15) is 12.4 Å². The van der Waals surface area contributed by atoms with Crippen molar-refractivity contribution < 1.29 is 9.47 Å². The van der Waals surface area contributed by atoms with Gasteiger partial charge in [0.15, 0.2) is 11.5 Å². The molecule has 2 heterocycles. The molecule has 0 bridgehead atoms. The number of hydrogen-bond donors (Lipinski definition) is 1. The molecule has 1 aromatic heterocycles. The maximum Gasteiger partial charge on any atom is 0.226 e. The standard InChI is InChI=1S/C19H17ClN4O2/c1-25-17-8-5-13(9-18(17)26-2)15-10-16(12-3-6-14(20)7-4-12)24-19(23-15)21-11-22-24/h3-11,16H,1-2H3,(H,21,22,23). The Bertz CT molecular complexity index is 966. The summed E-state index contributed by atoms with van der Waals surface area (Å²) in [5, 5.41) is 8.37. The van der Waals surface area contributed by atoms with Crippen molar-refractivity contribution in [2.75, 3.05) is 19.5 Å². The fourth-order valence-electron chi connectivity index (χ4n) is 3.00. The van der Waals surface area contributed by atoms with Crippen LogP contribution < -0.4 is 14.8 Å². The molecular formula is C19H17ClN4O2. The Balaban J connectivity index is 1.78. The highest BCUT2D eigenvalue weighted by molar-refractivity contribution is 6.30. The summed E-state index contributed by atoms with van der Waals surface area (Å²) in [6.45, 7) is 0. The van der Waals surface area contributed by atoms with Gasteiger partial charge in [-0.25, -0.2) is 4.68 Å². The maximum atomic E-state index is 6.03. The quantitative estimate of drug-likeness (QED) is 0.754. The summed E-state index contributed by atoms with van der Waals surface area (Å²) in [6.07, 6.45) is 3.64. The van der Waals surface area contributed by atoms with Crippen LogP contribution in [0.25, 0.3) is 5.70 Å². The SMILES string of the molecule is COc1ccc(C2=CC(c3ccc(Cl)cc3)n3ncnc3N2)cc1OC. The summed E-state index contributed by atoms with van der Waals surface area (Å²) in [5.74, 6) is 2.03. The Kier molecular flexibility index (Phi) is 4.26. The van der Waals surface area contributed by atoms with E-state index in [0.29, 0.717) is 22.5 Å². The third-order valence-corrected chi connectivity index (χ3v) is 4.57. The zero-order valence-corrected chi connectivity index (χ0v) is 15.1. The lowest BCUT2D eigenvalue weighted by molar-refractivity contribution is 0.355. The van der Waals surface area contributed by atoms with Crippen molar-refractivity contribution in [3.05, 3.63) is 71.0 Å². The van der Waals surface area contributed by atoms with Crippen molar-refractivity contribution >= 4 is 23.2 Å². The number of hydrogen-bond acceptors (Lipinski definition) is 5. The van der Waals surface area contributed by atoms with Gasteiger partial charge in [-0.3, -0.25) is 0 Å². The molecule has 4 rings (SSSR count). The van der Waals surface area contributed by atoms with Crippen molar-refractivity contribution in [3.63, 3.8) is 0 Å². The lowest BCUT2D eigenvalue weighted by Gasteiger charge is -2.24. The van der Waals surface area contributed by atoms with Gasteiger partial charge in [-0.05, 0) is 42.0 Å². The van der Waals surface area contributed by atoms with Gasteiger partial charge in [0.05, 0.1) is 14.2 Å². The van der Waals surface area contributed by atoms with Gasteiger partial charge >= 0.3 is 0 Å². The van der Waals surface area contributed by atoms with Crippen molar-refractivity contribution in [2.45, 2.75) is 6.04 Å². The molecule has 0 saturated carbocycles. The molecule has 0 radical (unpaired) electrons. The van der Waals surface area contributed by atoms with E-state index in [1.165, 1.54) is 6.33 Å². The highest BCUT2D eigenvalue weighted by atomic mass is 35.5. The highest BCUT2D eigenvalue weighted by Crippen LogP contribution is 2.35. The van der Waals surface area contributed by atoms with Gasteiger partial charge in [0, 0.05) is 16.3 Å². The van der Waals surface area contributed by atoms with Gasteiger partial charge in [-0.15, -0.1) is 0 Å². The number of fused-ring (bicyclic) bond motifs is 1. The van der Waals surface area contributed by atoms with Gasteiger partial charge < -0.3 is 14.8 Å². The van der Waals surface area contributed by atoms with Crippen LogP contribution in [0.4, 0.5) is 5.95 Å². The third-order valence-electron chi connectivity index (χ3n) is 4.31. The molecule has 1 atom stereocenters. The number of ether oxygens (including phenoxy) is 2. The van der Waals surface area contributed by atoms with Crippen LogP contribution in [-0.2, 0) is 0 Å². The van der Waals surface area contributed by atoms with Crippen LogP contribution in [0.2, 0.25) is 5.02 Å². The lowest BCUT2D eigenvalue weighted by Crippen LogP contribution is -2.20. The summed E-state index contributed by atoms with van der Waals surface area (Å²) >= 11 is 6.03. The molecule has 132 valence electrons. The zero-order chi connectivity index (χ0) is 18.1. The molecule has 2 aromatic carbocycles. The lowest BCUT2D eigenvalue weighted by atomic mass is 10.0.